The molecule has 0 saturated carbocycles. The lowest BCUT2D eigenvalue weighted by molar-refractivity contribution is 0.0989. The van der Waals surface area contributed by atoms with Gasteiger partial charge in [0.15, 0.2) is 0 Å². The molecule has 0 aliphatic rings. The summed E-state index contributed by atoms with van der Waals surface area (Å²) in [5, 5.41) is 0. The van der Waals surface area contributed by atoms with E-state index in [2.05, 4.69) is 198 Å². The SMILES string of the molecule is CC(C)(Oc1cc(OC(C)(C)c2ccc(-c3ccccc3)nc2)cc(-c2ccccc2-c2ccc(-c3cc(-c4ccc(-c5ccccc5)cc4)ccn3)cc2)c1)c1ccc(-c2ccccc2)nc1. The summed E-state index contributed by atoms with van der Waals surface area (Å²) in [4.78, 5) is 14.5. The molecule has 0 atom stereocenters. The second-order valence-corrected chi connectivity index (χ2v) is 18.0. The molecule has 0 unspecified atom stereocenters. The molecule has 0 amide bonds. The Morgan fingerprint density at radius 3 is 1.18 bits per heavy atom. The van der Waals surface area contributed by atoms with E-state index in [0.717, 1.165) is 78.3 Å². The van der Waals surface area contributed by atoms with Crippen LogP contribution in [0.4, 0.5) is 0 Å². The zero-order valence-corrected chi connectivity index (χ0v) is 38.7. The van der Waals surface area contributed by atoms with Crippen molar-refractivity contribution in [3.63, 3.8) is 0 Å². The number of pyridine rings is 3. The Balaban J connectivity index is 0.961. The summed E-state index contributed by atoms with van der Waals surface area (Å²) in [6.07, 6.45) is 5.71. The Morgan fingerprint density at radius 1 is 0.294 bits per heavy atom. The minimum Gasteiger partial charge on any atom is -0.483 e. The number of benzene rings is 7. The van der Waals surface area contributed by atoms with Gasteiger partial charge in [-0.1, -0.05) is 176 Å². The third-order valence-corrected chi connectivity index (χ3v) is 12.5. The number of hydrogen-bond donors (Lipinski definition) is 0. The van der Waals surface area contributed by atoms with Crippen LogP contribution in [0.15, 0.2) is 237 Å². The molecule has 0 aliphatic carbocycles. The molecular formula is C63H51N3O2. The molecule has 0 N–H and O–H groups in total. The highest BCUT2D eigenvalue weighted by Crippen LogP contribution is 2.41. The second-order valence-electron chi connectivity index (χ2n) is 18.0. The average Bonchev–Trinajstić information content (AvgIpc) is 3.39. The average molecular weight is 882 g/mol. The maximum absolute atomic E-state index is 6.96. The fraction of sp³-hybridized carbons (Fsp3) is 0.0952. The van der Waals surface area contributed by atoms with Crippen LogP contribution < -0.4 is 9.47 Å². The summed E-state index contributed by atoms with van der Waals surface area (Å²) in [6.45, 7) is 8.30. The summed E-state index contributed by atoms with van der Waals surface area (Å²) in [5.74, 6) is 1.35. The van der Waals surface area contributed by atoms with Crippen molar-refractivity contribution in [1.82, 2.24) is 15.0 Å². The van der Waals surface area contributed by atoms with Crippen LogP contribution in [0.1, 0.15) is 38.8 Å². The van der Waals surface area contributed by atoms with Crippen molar-refractivity contribution in [2.45, 2.75) is 38.9 Å². The standard InChI is InChI=1S/C63H51N3O2/c1-62(2,53-32-34-59(65-42-53)48-18-10-6-11-19-48)67-55-38-52(39-56(41-55)68-63(3,4)54-33-35-60(66-43-54)49-20-12-7-13-21-49)58-23-15-14-22-57(58)47-28-30-50(31-29-47)61-40-51(36-37-64-61)46-26-24-45(25-27-46)44-16-8-5-9-17-44/h5-43H,1-4H3. The minimum atomic E-state index is -0.725. The third kappa shape index (κ3) is 9.60. The summed E-state index contributed by atoms with van der Waals surface area (Å²) in [7, 11) is 0. The normalized spacial score (nSPS) is 11.5. The van der Waals surface area contributed by atoms with Crippen molar-refractivity contribution in [3.8, 4) is 89.8 Å². The van der Waals surface area contributed by atoms with Crippen molar-refractivity contribution in [1.29, 1.82) is 0 Å². The first-order valence-electron chi connectivity index (χ1n) is 23.0. The number of hydrogen-bond acceptors (Lipinski definition) is 5. The van der Waals surface area contributed by atoms with E-state index in [1.807, 2.05) is 67.1 Å². The Labute approximate surface area is 399 Å². The van der Waals surface area contributed by atoms with E-state index in [4.69, 9.17) is 24.4 Å². The first-order chi connectivity index (χ1) is 33.1. The van der Waals surface area contributed by atoms with E-state index in [-0.39, 0.29) is 0 Å². The van der Waals surface area contributed by atoms with Gasteiger partial charge in [-0.05, 0) is 109 Å². The third-order valence-electron chi connectivity index (χ3n) is 12.5. The van der Waals surface area contributed by atoms with E-state index in [1.165, 1.54) is 11.1 Å². The topological polar surface area (TPSA) is 57.1 Å². The van der Waals surface area contributed by atoms with Crippen molar-refractivity contribution in [3.05, 3.63) is 248 Å². The molecule has 0 bridgehead atoms. The lowest BCUT2D eigenvalue weighted by Gasteiger charge is -2.30. The Bertz CT molecular complexity index is 3160. The van der Waals surface area contributed by atoms with Gasteiger partial charge in [0.2, 0.25) is 0 Å². The molecule has 10 aromatic rings. The van der Waals surface area contributed by atoms with Crippen molar-refractivity contribution >= 4 is 0 Å². The molecule has 68 heavy (non-hydrogen) atoms. The Morgan fingerprint density at radius 2 is 0.691 bits per heavy atom. The predicted molar refractivity (Wildman–Crippen MR) is 278 cm³/mol. The van der Waals surface area contributed by atoms with Gasteiger partial charge in [-0.3, -0.25) is 15.0 Å². The summed E-state index contributed by atoms with van der Waals surface area (Å²) < 4.78 is 13.9. The van der Waals surface area contributed by atoms with E-state index in [0.29, 0.717) is 11.5 Å². The maximum Gasteiger partial charge on any atom is 0.130 e. The van der Waals surface area contributed by atoms with Gasteiger partial charge in [-0.2, -0.15) is 0 Å². The second kappa shape index (κ2) is 18.8. The largest absolute Gasteiger partial charge is 0.483 e. The maximum atomic E-state index is 6.96. The highest BCUT2D eigenvalue weighted by molar-refractivity contribution is 5.85. The Hall–Kier alpha value is -8.41. The molecule has 7 aromatic carbocycles. The van der Waals surface area contributed by atoms with Gasteiger partial charge in [0, 0.05) is 52.5 Å². The number of aromatic nitrogens is 3. The molecule has 10 rings (SSSR count). The van der Waals surface area contributed by atoms with E-state index < -0.39 is 11.2 Å². The van der Waals surface area contributed by atoms with Gasteiger partial charge < -0.3 is 9.47 Å². The molecule has 0 saturated heterocycles. The zero-order chi connectivity index (χ0) is 46.5. The van der Waals surface area contributed by atoms with Gasteiger partial charge in [-0.15, -0.1) is 0 Å². The Kier molecular flexibility index (Phi) is 12.0. The first-order valence-corrected chi connectivity index (χ1v) is 23.0. The predicted octanol–water partition coefficient (Wildman–Crippen LogP) is 16.2. The molecule has 3 aromatic heterocycles. The first kappa shape index (κ1) is 43.5. The van der Waals surface area contributed by atoms with Gasteiger partial charge in [-0.25, -0.2) is 0 Å². The number of ether oxygens (including phenoxy) is 2. The molecule has 330 valence electrons. The zero-order valence-electron chi connectivity index (χ0n) is 38.7. The fourth-order valence-electron chi connectivity index (χ4n) is 8.67. The molecule has 0 fully saturated rings. The van der Waals surface area contributed by atoms with Crippen LogP contribution in [-0.2, 0) is 11.2 Å². The molecule has 0 radical (unpaired) electrons. The van der Waals surface area contributed by atoms with Crippen molar-refractivity contribution in [2.75, 3.05) is 0 Å². The van der Waals surface area contributed by atoms with Crippen LogP contribution in [0, 0.1) is 0 Å². The van der Waals surface area contributed by atoms with Crippen LogP contribution in [0.5, 0.6) is 11.5 Å². The number of rotatable bonds is 13. The van der Waals surface area contributed by atoms with Gasteiger partial charge in [0.25, 0.3) is 0 Å². The molecule has 5 nitrogen and oxygen atoms in total. The summed E-state index contributed by atoms with van der Waals surface area (Å²) in [6, 6.07) is 75.5. The number of nitrogens with zero attached hydrogens (tertiary/aromatic N) is 3. The molecule has 0 aliphatic heterocycles. The van der Waals surface area contributed by atoms with E-state index in [9.17, 15) is 0 Å². The minimum absolute atomic E-state index is 0.675. The molecule has 0 spiro atoms. The highest BCUT2D eigenvalue weighted by Gasteiger charge is 2.27. The van der Waals surface area contributed by atoms with Gasteiger partial charge >= 0.3 is 0 Å². The lowest BCUT2D eigenvalue weighted by Crippen LogP contribution is -2.26. The van der Waals surface area contributed by atoms with Gasteiger partial charge in [0.05, 0.1) is 17.1 Å². The fourth-order valence-corrected chi connectivity index (χ4v) is 8.67. The molecular weight excluding hydrogens is 831 g/mol. The molecule has 5 heteroatoms. The van der Waals surface area contributed by atoms with Crippen molar-refractivity contribution < 1.29 is 9.47 Å². The van der Waals surface area contributed by atoms with Crippen LogP contribution in [0.25, 0.3) is 78.3 Å². The van der Waals surface area contributed by atoms with E-state index in [1.54, 1.807) is 0 Å². The van der Waals surface area contributed by atoms with E-state index >= 15 is 0 Å². The van der Waals surface area contributed by atoms with Gasteiger partial charge in [0.1, 0.15) is 22.7 Å². The molecule has 3 heterocycles. The summed E-state index contributed by atoms with van der Waals surface area (Å²) in [5.41, 5.74) is 15.2. The summed E-state index contributed by atoms with van der Waals surface area (Å²) >= 11 is 0. The quantitative estimate of drug-likeness (QED) is 0.115. The van der Waals surface area contributed by atoms with Crippen LogP contribution in [0.2, 0.25) is 0 Å². The smallest absolute Gasteiger partial charge is 0.130 e. The highest BCUT2D eigenvalue weighted by atomic mass is 16.5. The monoisotopic (exact) mass is 881 g/mol. The van der Waals surface area contributed by atoms with Crippen LogP contribution in [0.3, 0.4) is 0 Å². The van der Waals surface area contributed by atoms with Crippen molar-refractivity contribution in [2.24, 2.45) is 0 Å². The van der Waals surface area contributed by atoms with Crippen LogP contribution >= 0.6 is 0 Å². The van der Waals surface area contributed by atoms with Crippen LogP contribution in [-0.4, -0.2) is 15.0 Å². The lowest BCUT2D eigenvalue weighted by atomic mass is 9.93.